The fourth-order valence-electron chi connectivity index (χ4n) is 2.23. The molecular formula is C16H14ClN3O2S. The molecule has 0 aliphatic heterocycles. The molecule has 3 aromatic rings. The summed E-state index contributed by atoms with van der Waals surface area (Å²) in [5.41, 5.74) is 1.38. The van der Waals surface area contributed by atoms with Crippen LogP contribution in [0.5, 0.6) is 0 Å². The monoisotopic (exact) mass is 347 g/mol. The lowest BCUT2D eigenvalue weighted by Gasteiger charge is -2.10. The van der Waals surface area contributed by atoms with Gasteiger partial charge in [-0.3, -0.25) is 14.2 Å². The van der Waals surface area contributed by atoms with Crippen molar-refractivity contribution in [1.82, 2.24) is 9.55 Å². The van der Waals surface area contributed by atoms with Crippen LogP contribution in [-0.4, -0.2) is 15.5 Å². The minimum atomic E-state index is -0.173. The van der Waals surface area contributed by atoms with Gasteiger partial charge in [0, 0.05) is 23.7 Å². The number of nitrogens with one attached hydrogen (secondary N) is 1. The van der Waals surface area contributed by atoms with E-state index in [1.807, 2.05) is 12.3 Å². The quantitative estimate of drug-likeness (QED) is 0.786. The summed E-state index contributed by atoms with van der Waals surface area (Å²) in [5, 5.41) is 5.84. The van der Waals surface area contributed by atoms with Crippen molar-refractivity contribution in [3.8, 4) is 0 Å². The summed E-state index contributed by atoms with van der Waals surface area (Å²) in [6.07, 6.45) is 1.67. The molecule has 1 aromatic carbocycles. The van der Waals surface area contributed by atoms with Gasteiger partial charge >= 0.3 is 0 Å². The first kappa shape index (κ1) is 15.7. The third-order valence-electron chi connectivity index (χ3n) is 3.57. The van der Waals surface area contributed by atoms with Gasteiger partial charge in [-0.1, -0.05) is 17.7 Å². The second-order valence-corrected chi connectivity index (χ2v) is 6.39. The van der Waals surface area contributed by atoms with Gasteiger partial charge in [0.25, 0.3) is 5.56 Å². The number of aryl methyl sites for hydroxylation is 1. The first-order valence-corrected chi connectivity index (χ1v) is 8.29. The van der Waals surface area contributed by atoms with Crippen LogP contribution >= 0.6 is 22.9 Å². The van der Waals surface area contributed by atoms with Crippen molar-refractivity contribution in [2.75, 3.05) is 5.32 Å². The zero-order valence-corrected chi connectivity index (χ0v) is 13.9. The highest BCUT2D eigenvalue weighted by Crippen LogP contribution is 2.23. The highest BCUT2D eigenvalue weighted by molar-refractivity contribution is 7.16. The van der Waals surface area contributed by atoms with E-state index in [2.05, 4.69) is 10.3 Å². The Morgan fingerprint density at radius 3 is 3.04 bits per heavy atom. The molecule has 23 heavy (non-hydrogen) atoms. The Morgan fingerprint density at radius 2 is 2.22 bits per heavy atom. The second-order valence-electron chi connectivity index (χ2n) is 5.09. The maximum atomic E-state index is 12.2. The van der Waals surface area contributed by atoms with Gasteiger partial charge in [0.15, 0.2) is 0 Å². The van der Waals surface area contributed by atoms with Gasteiger partial charge in [-0.2, -0.15) is 0 Å². The van der Waals surface area contributed by atoms with Crippen LogP contribution in [0.2, 0.25) is 5.02 Å². The van der Waals surface area contributed by atoms with Gasteiger partial charge in [-0.25, -0.2) is 4.98 Å². The fourth-order valence-corrected chi connectivity index (χ4v) is 3.13. The third-order valence-corrected chi connectivity index (χ3v) is 4.80. The summed E-state index contributed by atoms with van der Waals surface area (Å²) >= 11 is 7.45. The Kier molecular flexibility index (Phi) is 4.45. The third kappa shape index (κ3) is 3.28. The highest BCUT2D eigenvalue weighted by Gasteiger charge is 2.09. The number of nitrogens with zero attached hydrogens (tertiary/aromatic N) is 2. The Balaban J connectivity index is 1.70. The van der Waals surface area contributed by atoms with E-state index in [9.17, 15) is 9.59 Å². The molecule has 0 saturated carbocycles. The molecule has 118 valence electrons. The summed E-state index contributed by atoms with van der Waals surface area (Å²) in [7, 11) is 0. The van der Waals surface area contributed by atoms with E-state index in [1.165, 1.54) is 22.2 Å². The zero-order chi connectivity index (χ0) is 16.4. The summed E-state index contributed by atoms with van der Waals surface area (Å²) < 4.78 is 1.46. The number of hydrogen-bond acceptors (Lipinski definition) is 4. The summed E-state index contributed by atoms with van der Waals surface area (Å²) in [5.74, 6) is -0.173. The van der Waals surface area contributed by atoms with Crippen LogP contribution in [0.4, 0.5) is 5.69 Å². The maximum Gasteiger partial charge on any atom is 0.262 e. The first-order valence-electron chi connectivity index (χ1n) is 7.04. The van der Waals surface area contributed by atoms with Crippen LogP contribution in [0.3, 0.4) is 0 Å². The number of halogens is 1. The standard InChI is InChI=1S/C16H14ClN3O2S/c1-10-12(17)3-2-4-13(10)19-14(21)5-7-20-9-18-15-11(16(20)22)6-8-23-15/h2-4,6,8-9H,5,7H2,1H3,(H,19,21). The molecule has 1 amide bonds. The van der Waals surface area contributed by atoms with Crippen molar-refractivity contribution >= 4 is 44.7 Å². The van der Waals surface area contributed by atoms with Gasteiger partial charge in [0.2, 0.25) is 5.91 Å². The second kappa shape index (κ2) is 6.52. The molecule has 0 aliphatic carbocycles. The number of carbonyl (C=O) groups is 1. The van der Waals surface area contributed by atoms with E-state index in [1.54, 1.807) is 24.3 Å². The van der Waals surface area contributed by atoms with E-state index in [0.717, 1.165) is 5.56 Å². The van der Waals surface area contributed by atoms with Crippen LogP contribution < -0.4 is 10.9 Å². The average Bonchev–Trinajstić information content (AvgIpc) is 3.01. The van der Waals surface area contributed by atoms with Crippen molar-refractivity contribution < 1.29 is 4.79 Å². The number of rotatable bonds is 4. The number of carbonyl (C=O) groups excluding carboxylic acids is 1. The highest BCUT2D eigenvalue weighted by atomic mass is 35.5. The normalized spacial score (nSPS) is 10.9. The molecule has 3 rings (SSSR count). The van der Waals surface area contributed by atoms with Crippen LogP contribution in [0.1, 0.15) is 12.0 Å². The molecule has 0 aliphatic rings. The Labute approximate surface area is 141 Å². The topological polar surface area (TPSA) is 64.0 Å². The molecule has 7 heteroatoms. The zero-order valence-electron chi connectivity index (χ0n) is 12.4. The molecule has 0 bridgehead atoms. The van der Waals surface area contributed by atoms with Crippen LogP contribution in [0, 0.1) is 6.92 Å². The lowest BCUT2D eigenvalue weighted by Crippen LogP contribution is -2.23. The molecule has 0 saturated heterocycles. The molecule has 0 spiro atoms. The maximum absolute atomic E-state index is 12.2. The molecule has 0 radical (unpaired) electrons. The van der Waals surface area contributed by atoms with Gasteiger partial charge in [0.1, 0.15) is 4.83 Å². The Morgan fingerprint density at radius 1 is 1.39 bits per heavy atom. The van der Waals surface area contributed by atoms with Gasteiger partial charge in [-0.05, 0) is 36.1 Å². The van der Waals surface area contributed by atoms with Crippen LogP contribution in [0.25, 0.3) is 10.2 Å². The summed E-state index contributed by atoms with van der Waals surface area (Å²) in [6, 6.07) is 7.10. The number of hydrogen-bond donors (Lipinski definition) is 1. The lowest BCUT2D eigenvalue weighted by atomic mass is 10.2. The molecule has 0 fully saturated rings. The van der Waals surface area contributed by atoms with E-state index in [4.69, 9.17) is 11.6 Å². The van der Waals surface area contributed by atoms with Gasteiger partial charge in [0.05, 0.1) is 11.7 Å². The van der Waals surface area contributed by atoms with Gasteiger partial charge < -0.3 is 5.32 Å². The predicted molar refractivity (Wildman–Crippen MR) is 93.3 cm³/mol. The Bertz CT molecular complexity index is 932. The largest absolute Gasteiger partial charge is 0.326 e. The average molecular weight is 348 g/mol. The molecule has 2 heterocycles. The predicted octanol–water partition coefficient (Wildman–Crippen LogP) is 3.45. The van der Waals surface area contributed by atoms with Crippen molar-refractivity contribution in [3.05, 3.63) is 56.9 Å². The molecule has 0 unspecified atom stereocenters. The van der Waals surface area contributed by atoms with E-state index >= 15 is 0 Å². The van der Waals surface area contributed by atoms with E-state index in [0.29, 0.717) is 20.9 Å². The molecule has 0 atom stereocenters. The SMILES string of the molecule is Cc1c(Cl)cccc1NC(=O)CCn1cnc2sccc2c1=O. The molecule has 1 N–H and O–H groups in total. The molecular weight excluding hydrogens is 334 g/mol. The van der Waals surface area contributed by atoms with E-state index < -0.39 is 0 Å². The number of benzene rings is 1. The van der Waals surface area contributed by atoms with Crippen molar-refractivity contribution in [2.24, 2.45) is 0 Å². The smallest absolute Gasteiger partial charge is 0.262 e. The number of anilines is 1. The number of thiophene rings is 1. The number of amides is 1. The van der Waals surface area contributed by atoms with Crippen molar-refractivity contribution in [2.45, 2.75) is 19.9 Å². The minimum absolute atomic E-state index is 0.122. The Hall–Kier alpha value is -2.18. The van der Waals surface area contributed by atoms with E-state index in [-0.39, 0.29) is 24.4 Å². The van der Waals surface area contributed by atoms with Crippen LogP contribution in [0.15, 0.2) is 40.8 Å². The lowest BCUT2D eigenvalue weighted by molar-refractivity contribution is -0.116. The van der Waals surface area contributed by atoms with Crippen molar-refractivity contribution in [3.63, 3.8) is 0 Å². The van der Waals surface area contributed by atoms with Crippen LogP contribution in [-0.2, 0) is 11.3 Å². The van der Waals surface area contributed by atoms with Crippen molar-refractivity contribution in [1.29, 1.82) is 0 Å². The molecule has 5 nitrogen and oxygen atoms in total. The summed E-state index contributed by atoms with van der Waals surface area (Å²) in [4.78, 5) is 29.3. The first-order chi connectivity index (χ1) is 11.1. The van der Waals surface area contributed by atoms with Gasteiger partial charge in [-0.15, -0.1) is 11.3 Å². The molecule has 2 aromatic heterocycles. The minimum Gasteiger partial charge on any atom is -0.326 e. The number of aromatic nitrogens is 2. The number of fused-ring (bicyclic) bond motifs is 1. The fraction of sp³-hybridized carbons (Fsp3) is 0.188. The summed E-state index contributed by atoms with van der Waals surface area (Å²) in [6.45, 7) is 2.12.